The molecule has 2 aliphatic heterocycles. The second kappa shape index (κ2) is 7.46. The Balaban J connectivity index is 1.74. The maximum atomic E-state index is 13.0. The smallest absolute Gasteiger partial charge is 0.255 e. The van der Waals surface area contributed by atoms with Crippen molar-refractivity contribution in [3.05, 3.63) is 21.4 Å². The average Bonchev–Trinajstić information content (AvgIpc) is 3.20. The van der Waals surface area contributed by atoms with Crippen LogP contribution in [0.4, 0.5) is 0 Å². The van der Waals surface area contributed by atoms with Crippen molar-refractivity contribution in [1.82, 2.24) is 9.80 Å². The molecule has 0 saturated carbocycles. The Morgan fingerprint density at radius 1 is 1.36 bits per heavy atom. The van der Waals surface area contributed by atoms with Gasteiger partial charge in [-0.2, -0.15) is 0 Å². The summed E-state index contributed by atoms with van der Waals surface area (Å²) in [5.74, 6) is 0.309. The monoisotopic (exact) mass is 364 g/mol. The lowest BCUT2D eigenvalue weighted by Crippen LogP contribution is -2.51. The molecule has 2 fully saturated rings. The first kappa shape index (κ1) is 18.4. The number of carbonyl (C=O) groups is 2. The number of aryl methyl sites for hydroxylation is 1. The maximum absolute atomic E-state index is 13.0. The number of amides is 2. The molecule has 2 saturated heterocycles. The largest absolute Gasteiger partial charge is 0.383 e. The molecule has 1 aromatic heterocycles. The first-order valence-corrected chi connectivity index (χ1v) is 10.0. The van der Waals surface area contributed by atoms with Crippen LogP contribution < -0.4 is 0 Å². The highest BCUT2D eigenvalue weighted by Crippen LogP contribution is 2.41. The molecule has 1 atom stereocenters. The Morgan fingerprint density at radius 3 is 2.88 bits per heavy atom. The average molecular weight is 365 g/mol. The molecule has 25 heavy (non-hydrogen) atoms. The van der Waals surface area contributed by atoms with Gasteiger partial charge in [0.15, 0.2) is 0 Å². The number of piperidine rings is 1. The Bertz CT molecular complexity index is 657. The van der Waals surface area contributed by atoms with E-state index in [2.05, 4.69) is 13.8 Å². The van der Waals surface area contributed by atoms with Crippen molar-refractivity contribution in [2.75, 3.05) is 39.9 Å². The van der Waals surface area contributed by atoms with Crippen molar-refractivity contribution < 1.29 is 14.3 Å². The highest BCUT2D eigenvalue weighted by molar-refractivity contribution is 7.10. The molecular weight excluding hydrogens is 336 g/mol. The predicted octanol–water partition coefficient (Wildman–Crippen LogP) is 2.72. The van der Waals surface area contributed by atoms with E-state index in [1.54, 1.807) is 18.4 Å². The van der Waals surface area contributed by atoms with Crippen LogP contribution in [0.25, 0.3) is 0 Å². The van der Waals surface area contributed by atoms with Gasteiger partial charge in [-0.1, -0.05) is 6.92 Å². The minimum absolute atomic E-state index is 0.0971. The topological polar surface area (TPSA) is 49.9 Å². The van der Waals surface area contributed by atoms with Crippen LogP contribution in [-0.2, 0) is 16.0 Å². The molecule has 1 unspecified atom stereocenters. The summed E-state index contributed by atoms with van der Waals surface area (Å²) in [6.07, 6.45) is 3.56. The van der Waals surface area contributed by atoms with Gasteiger partial charge in [0, 0.05) is 43.5 Å². The molecule has 0 bridgehead atoms. The number of methoxy groups -OCH3 is 1. The zero-order chi connectivity index (χ0) is 18.0. The van der Waals surface area contributed by atoms with Crippen LogP contribution in [-0.4, -0.2) is 61.5 Å². The van der Waals surface area contributed by atoms with Gasteiger partial charge in [-0.25, -0.2) is 0 Å². The summed E-state index contributed by atoms with van der Waals surface area (Å²) in [7, 11) is 1.66. The molecule has 3 heterocycles. The third kappa shape index (κ3) is 3.34. The van der Waals surface area contributed by atoms with Crippen molar-refractivity contribution >= 4 is 23.2 Å². The fourth-order valence-corrected chi connectivity index (χ4v) is 5.19. The predicted molar refractivity (Wildman–Crippen MR) is 99.1 cm³/mol. The molecule has 1 spiro atoms. The minimum atomic E-state index is -0.376. The minimum Gasteiger partial charge on any atom is -0.383 e. The number of rotatable bonds is 5. The van der Waals surface area contributed by atoms with E-state index in [9.17, 15) is 9.59 Å². The fourth-order valence-electron chi connectivity index (χ4n) is 4.26. The second-order valence-electron chi connectivity index (χ2n) is 7.18. The number of carbonyl (C=O) groups excluding carboxylic acids is 2. The summed E-state index contributed by atoms with van der Waals surface area (Å²) < 4.78 is 5.13. The number of hydrogen-bond donors (Lipinski definition) is 0. The quantitative estimate of drug-likeness (QED) is 0.807. The Morgan fingerprint density at radius 2 is 2.16 bits per heavy atom. The van der Waals surface area contributed by atoms with E-state index < -0.39 is 0 Å². The maximum Gasteiger partial charge on any atom is 0.255 e. The first-order chi connectivity index (χ1) is 12.0. The molecule has 2 aliphatic rings. The van der Waals surface area contributed by atoms with Gasteiger partial charge in [-0.05, 0) is 38.2 Å². The van der Waals surface area contributed by atoms with Gasteiger partial charge < -0.3 is 14.5 Å². The van der Waals surface area contributed by atoms with Crippen molar-refractivity contribution in [3.63, 3.8) is 0 Å². The SMILES string of the molecule is CCc1c(C(=O)N2CCC3(CCCN(CCOC)C3=O)C2)csc1C. The zero-order valence-electron chi connectivity index (χ0n) is 15.5. The lowest BCUT2D eigenvalue weighted by molar-refractivity contribution is -0.146. The van der Waals surface area contributed by atoms with Crippen LogP contribution >= 0.6 is 11.3 Å². The van der Waals surface area contributed by atoms with E-state index in [0.717, 1.165) is 43.4 Å². The van der Waals surface area contributed by atoms with Crippen molar-refractivity contribution in [3.8, 4) is 0 Å². The van der Waals surface area contributed by atoms with E-state index in [0.29, 0.717) is 26.2 Å². The van der Waals surface area contributed by atoms with Gasteiger partial charge in [0.05, 0.1) is 17.6 Å². The molecule has 1 aromatic rings. The summed E-state index contributed by atoms with van der Waals surface area (Å²) in [4.78, 5) is 31.1. The molecule has 3 rings (SSSR count). The van der Waals surface area contributed by atoms with Gasteiger partial charge in [-0.15, -0.1) is 11.3 Å². The van der Waals surface area contributed by atoms with E-state index >= 15 is 0 Å². The highest BCUT2D eigenvalue weighted by atomic mass is 32.1. The molecule has 2 amide bonds. The fraction of sp³-hybridized carbons (Fsp3) is 0.684. The van der Waals surface area contributed by atoms with Gasteiger partial charge in [0.2, 0.25) is 5.91 Å². The summed E-state index contributed by atoms with van der Waals surface area (Å²) >= 11 is 1.64. The molecule has 0 aliphatic carbocycles. The van der Waals surface area contributed by atoms with Crippen LogP contribution in [0.5, 0.6) is 0 Å². The summed E-state index contributed by atoms with van der Waals surface area (Å²) in [6, 6.07) is 0. The van der Waals surface area contributed by atoms with Gasteiger partial charge in [0.1, 0.15) is 0 Å². The number of likely N-dealkylation sites (tertiary alicyclic amines) is 2. The molecule has 5 nitrogen and oxygen atoms in total. The number of nitrogens with zero attached hydrogens (tertiary/aromatic N) is 2. The van der Waals surface area contributed by atoms with E-state index in [1.165, 1.54) is 4.88 Å². The molecular formula is C19H28N2O3S. The molecule has 0 radical (unpaired) electrons. The van der Waals surface area contributed by atoms with Crippen molar-refractivity contribution in [2.24, 2.45) is 5.41 Å². The van der Waals surface area contributed by atoms with Crippen LogP contribution in [0.15, 0.2) is 5.38 Å². The highest BCUT2D eigenvalue weighted by Gasteiger charge is 2.49. The summed E-state index contributed by atoms with van der Waals surface area (Å²) in [6.45, 7) is 7.43. The van der Waals surface area contributed by atoms with Crippen LogP contribution in [0.3, 0.4) is 0 Å². The van der Waals surface area contributed by atoms with Crippen LogP contribution in [0.1, 0.15) is 47.0 Å². The third-order valence-electron chi connectivity index (χ3n) is 5.72. The second-order valence-corrected chi connectivity index (χ2v) is 8.27. The van der Waals surface area contributed by atoms with Crippen LogP contribution in [0.2, 0.25) is 0 Å². The van der Waals surface area contributed by atoms with E-state index in [4.69, 9.17) is 4.74 Å². The van der Waals surface area contributed by atoms with E-state index in [-0.39, 0.29) is 17.2 Å². The number of thiophene rings is 1. The Labute approximate surface area is 153 Å². The number of ether oxygens (including phenoxy) is 1. The normalized spacial score (nSPS) is 23.7. The van der Waals surface area contributed by atoms with Crippen molar-refractivity contribution in [2.45, 2.75) is 39.5 Å². The molecule has 138 valence electrons. The molecule has 0 N–H and O–H groups in total. The Hall–Kier alpha value is -1.40. The van der Waals surface area contributed by atoms with Gasteiger partial charge in [0.25, 0.3) is 5.91 Å². The molecule has 6 heteroatoms. The van der Waals surface area contributed by atoms with Crippen LogP contribution in [0, 0.1) is 12.3 Å². The third-order valence-corrected chi connectivity index (χ3v) is 6.67. The standard InChI is InChI=1S/C19H28N2O3S/c1-4-15-14(2)25-12-16(15)17(22)21-9-7-19(13-21)6-5-8-20(18(19)23)10-11-24-3/h12H,4-11,13H2,1-3H3. The van der Waals surface area contributed by atoms with Gasteiger partial charge >= 0.3 is 0 Å². The number of hydrogen-bond acceptors (Lipinski definition) is 4. The Kier molecular flexibility index (Phi) is 5.49. The van der Waals surface area contributed by atoms with Gasteiger partial charge in [-0.3, -0.25) is 9.59 Å². The zero-order valence-corrected chi connectivity index (χ0v) is 16.3. The first-order valence-electron chi connectivity index (χ1n) is 9.17. The summed E-state index contributed by atoms with van der Waals surface area (Å²) in [5.41, 5.74) is 1.62. The summed E-state index contributed by atoms with van der Waals surface area (Å²) in [5, 5.41) is 1.98. The lowest BCUT2D eigenvalue weighted by atomic mass is 9.78. The lowest BCUT2D eigenvalue weighted by Gasteiger charge is -2.39. The van der Waals surface area contributed by atoms with E-state index in [1.807, 2.05) is 15.2 Å². The van der Waals surface area contributed by atoms with Crippen molar-refractivity contribution in [1.29, 1.82) is 0 Å². The molecule has 0 aromatic carbocycles.